The largest absolute Gasteiger partial charge is 0.359 e. The van der Waals surface area contributed by atoms with Crippen LogP contribution in [0.1, 0.15) is 38.0 Å². The Kier molecular flexibility index (Phi) is 5.21. The molecule has 0 spiro atoms. The Morgan fingerprint density at radius 1 is 1.56 bits per heavy atom. The number of likely N-dealkylation sites (tertiary alicyclic amines) is 1. The van der Waals surface area contributed by atoms with Gasteiger partial charge in [-0.1, -0.05) is 5.16 Å². The molecule has 1 fully saturated rings. The molecular formula is C13H22BrN3O. The first-order valence-electron chi connectivity index (χ1n) is 6.69. The van der Waals surface area contributed by atoms with Crippen molar-refractivity contribution in [1.82, 2.24) is 15.4 Å². The van der Waals surface area contributed by atoms with Gasteiger partial charge in [0.25, 0.3) is 0 Å². The maximum absolute atomic E-state index is 5.22. The van der Waals surface area contributed by atoms with E-state index in [1.165, 1.54) is 32.4 Å². The van der Waals surface area contributed by atoms with Crippen LogP contribution in [0.25, 0.3) is 0 Å². The first-order chi connectivity index (χ1) is 8.65. The van der Waals surface area contributed by atoms with Gasteiger partial charge in [-0.2, -0.15) is 0 Å². The van der Waals surface area contributed by atoms with Crippen molar-refractivity contribution in [2.24, 2.45) is 5.92 Å². The molecule has 0 saturated carbocycles. The van der Waals surface area contributed by atoms with Gasteiger partial charge in [-0.25, -0.2) is 0 Å². The minimum Gasteiger partial charge on any atom is -0.359 e. The number of hydrogen-bond donors (Lipinski definition) is 1. The van der Waals surface area contributed by atoms with Crippen LogP contribution in [-0.2, 0) is 0 Å². The van der Waals surface area contributed by atoms with Crippen molar-refractivity contribution in [3.8, 4) is 0 Å². The number of halogens is 1. The molecule has 0 aromatic carbocycles. The van der Waals surface area contributed by atoms with E-state index in [2.05, 4.69) is 45.3 Å². The van der Waals surface area contributed by atoms with Gasteiger partial charge in [-0.15, -0.1) is 0 Å². The average Bonchev–Trinajstić information content (AvgIpc) is 2.78. The van der Waals surface area contributed by atoms with Gasteiger partial charge in [0.05, 0.1) is 6.04 Å². The summed E-state index contributed by atoms with van der Waals surface area (Å²) in [4.78, 5) is 2.42. The highest BCUT2D eigenvalue weighted by atomic mass is 79.9. The highest BCUT2D eigenvalue weighted by Gasteiger charge is 2.17. The molecule has 0 amide bonds. The zero-order valence-electron chi connectivity index (χ0n) is 11.2. The van der Waals surface area contributed by atoms with E-state index in [9.17, 15) is 0 Å². The van der Waals surface area contributed by atoms with Crippen molar-refractivity contribution in [3.05, 3.63) is 16.4 Å². The Balaban J connectivity index is 1.66. The molecule has 1 aliphatic rings. The van der Waals surface area contributed by atoms with Crippen LogP contribution in [0.5, 0.6) is 0 Å². The third-order valence-electron chi connectivity index (χ3n) is 3.77. The van der Waals surface area contributed by atoms with Crippen LogP contribution in [0.2, 0.25) is 0 Å². The molecule has 1 atom stereocenters. The van der Waals surface area contributed by atoms with Gasteiger partial charge < -0.3 is 14.7 Å². The third-order valence-corrected chi connectivity index (χ3v) is 4.14. The quantitative estimate of drug-likeness (QED) is 0.907. The second-order valence-electron chi connectivity index (χ2n) is 5.26. The molecular weight excluding hydrogens is 294 g/mol. The van der Waals surface area contributed by atoms with E-state index in [1.54, 1.807) is 0 Å². The van der Waals surface area contributed by atoms with E-state index in [1.807, 2.05) is 6.07 Å². The predicted molar refractivity (Wildman–Crippen MR) is 75.5 cm³/mol. The molecule has 102 valence electrons. The molecule has 1 N–H and O–H groups in total. The Labute approximate surface area is 117 Å². The highest BCUT2D eigenvalue weighted by Crippen LogP contribution is 2.20. The Morgan fingerprint density at radius 3 is 2.89 bits per heavy atom. The maximum atomic E-state index is 5.22. The van der Waals surface area contributed by atoms with Gasteiger partial charge in [0, 0.05) is 6.07 Å². The molecule has 5 heteroatoms. The standard InChI is InChI=1S/C13H22BrN3O/c1-10(12-9-13(14)16-18-12)15-6-3-11-4-7-17(2)8-5-11/h9-11,15H,3-8H2,1-2H3. The molecule has 1 aromatic heterocycles. The summed E-state index contributed by atoms with van der Waals surface area (Å²) in [6.45, 7) is 5.65. The summed E-state index contributed by atoms with van der Waals surface area (Å²) in [7, 11) is 2.21. The van der Waals surface area contributed by atoms with Gasteiger partial charge in [0.1, 0.15) is 4.60 Å². The van der Waals surface area contributed by atoms with Crippen LogP contribution in [0.4, 0.5) is 0 Å². The lowest BCUT2D eigenvalue weighted by Crippen LogP contribution is -2.32. The molecule has 0 radical (unpaired) electrons. The first-order valence-corrected chi connectivity index (χ1v) is 7.48. The molecule has 0 bridgehead atoms. The summed E-state index contributed by atoms with van der Waals surface area (Å²) < 4.78 is 5.98. The minimum atomic E-state index is 0.232. The number of rotatable bonds is 5. The van der Waals surface area contributed by atoms with E-state index in [0.29, 0.717) is 0 Å². The second-order valence-corrected chi connectivity index (χ2v) is 6.08. The van der Waals surface area contributed by atoms with Crippen molar-refractivity contribution < 1.29 is 4.52 Å². The van der Waals surface area contributed by atoms with Crippen LogP contribution in [-0.4, -0.2) is 36.7 Å². The van der Waals surface area contributed by atoms with Crippen LogP contribution >= 0.6 is 15.9 Å². The monoisotopic (exact) mass is 315 g/mol. The van der Waals surface area contributed by atoms with Crippen molar-refractivity contribution in [2.75, 3.05) is 26.7 Å². The summed E-state index contributed by atoms with van der Waals surface area (Å²) in [5.74, 6) is 1.77. The predicted octanol–water partition coefficient (Wildman–Crippen LogP) is 2.82. The van der Waals surface area contributed by atoms with Crippen molar-refractivity contribution >= 4 is 15.9 Å². The van der Waals surface area contributed by atoms with Gasteiger partial charge in [-0.3, -0.25) is 0 Å². The fraction of sp³-hybridized carbons (Fsp3) is 0.769. The Morgan fingerprint density at radius 2 is 2.28 bits per heavy atom. The van der Waals surface area contributed by atoms with Crippen molar-refractivity contribution in [2.45, 2.75) is 32.2 Å². The van der Waals surface area contributed by atoms with Gasteiger partial charge in [-0.05, 0) is 74.7 Å². The zero-order valence-corrected chi connectivity index (χ0v) is 12.7. The summed E-state index contributed by atoms with van der Waals surface area (Å²) in [5, 5.41) is 7.34. The molecule has 2 rings (SSSR count). The Hall–Kier alpha value is -0.390. The highest BCUT2D eigenvalue weighted by molar-refractivity contribution is 9.10. The second kappa shape index (κ2) is 6.68. The van der Waals surface area contributed by atoms with Gasteiger partial charge in [0.2, 0.25) is 0 Å². The van der Waals surface area contributed by atoms with Gasteiger partial charge >= 0.3 is 0 Å². The topological polar surface area (TPSA) is 41.3 Å². The smallest absolute Gasteiger partial charge is 0.154 e. The first kappa shape index (κ1) is 14.0. The van der Waals surface area contributed by atoms with Crippen LogP contribution in [0.3, 0.4) is 0 Å². The van der Waals surface area contributed by atoms with Gasteiger partial charge in [0.15, 0.2) is 5.76 Å². The lowest BCUT2D eigenvalue weighted by Gasteiger charge is -2.29. The van der Waals surface area contributed by atoms with Crippen molar-refractivity contribution in [3.63, 3.8) is 0 Å². The molecule has 1 aromatic rings. The molecule has 1 aliphatic heterocycles. The number of aromatic nitrogens is 1. The summed E-state index contributed by atoms with van der Waals surface area (Å²) in [6.07, 6.45) is 3.92. The molecule has 1 saturated heterocycles. The van der Waals surface area contributed by atoms with Crippen molar-refractivity contribution in [1.29, 1.82) is 0 Å². The third kappa shape index (κ3) is 4.07. The van der Waals surface area contributed by atoms with E-state index in [0.717, 1.165) is 22.8 Å². The van der Waals surface area contributed by atoms with E-state index >= 15 is 0 Å². The molecule has 0 aliphatic carbocycles. The number of hydrogen-bond acceptors (Lipinski definition) is 4. The lowest BCUT2D eigenvalue weighted by molar-refractivity contribution is 0.210. The van der Waals surface area contributed by atoms with E-state index < -0.39 is 0 Å². The summed E-state index contributed by atoms with van der Waals surface area (Å²) >= 11 is 3.30. The number of piperidine rings is 1. The van der Waals surface area contributed by atoms with Crippen LogP contribution in [0, 0.1) is 5.92 Å². The van der Waals surface area contributed by atoms with Crippen LogP contribution in [0.15, 0.2) is 15.2 Å². The molecule has 18 heavy (non-hydrogen) atoms. The fourth-order valence-electron chi connectivity index (χ4n) is 2.43. The van der Waals surface area contributed by atoms with E-state index in [4.69, 9.17) is 4.52 Å². The van der Waals surface area contributed by atoms with E-state index in [-0.39, 0.29) is 6.04 Å². The average molecular weight is 316 g/mol. The Bertz CT molecular complexity index is 361. The lowest BCUT2D eigenvalue weighted by atomic mass is 9.94. The summed E-state index contributed by atoms with van der Waals surface area (Å²) in [6, 6.07) is 2.16. The maximum Gasteiger partial charge on any atom is 0.154 e. The fourth-order valence-corrected chi connectivity index (χ4v) is 2.72. The number of nitrogens with one attached hydrogen (secondary N) is 1. The normalized spacial score (nSPS) is 20.2. The molecule has 2 heterocycles. The molecule has 4 nitrogen and oxygen atoms in total. The minimum absolute atomic E-state index is 0.232. The summed E-state index contributed by atoms with van der Waals surface area (Å²) in [5.41, 5.74) is 0. The SMILES string of the molecule is CC(NCCC1CCN(C)CC1)c1cc(Br)no1. The number of nitrogens with zero attached hydrogens (tertiary/aromatic N) is 2. The molecule has 1 unspecified atom stereocenters. The van der Waals surface area contributed by atoms with Crippen LogP contribution < -0.4 is 5.32 Å². The zero-order chi connectivity index (χ0) is 13.0.